The van der Waals surface area contributed by atoms with Gasteiger partial charge in [0.1, 0.15) is 17.7 Å². The predicted molar refractivity (Wildman–Crippen MR) is 76.2 cm³/mol. The van der Waals surface area contributed by atoms with Gasteiger partial charge < -0.3 is 9.84 Å². The molecule has 0 aliphatic rings. The Kier molecular flexibility index (Phi) is 4.19. The van der Waals surface area contributed by atoms with Gasteiger partial charge in [-0.3, -0.25) is 0 Å². The molecule has 2 nitrogen and oxygen atoms in total. The van der Waals surface area contributed by atoms with Crippen LogP contribution in [0.2, 0.25) is 0 Å². The van der Waals surface area contributed by atoms with E-state index in [0.29, 0.717) is 16.9 Å². The highest BCUT2D eigenvalue weighted by molar-refractivity contribution is 14.1. The van der Waals surface area contributed by atoms with Gasteiger partial charge in [-0.05, 0) is 58.5 Å². The lowest BCUT2D eigenvalue weighted by Gasteiger charge is -2.15. The van der Waals surface area contributed by atoms with E-state index in [1.54, 1.807) is 0 Å². The summed E-state index contributed by atoms with van der Waals surface area (Å²) in [6.45, 7) is 0. The number of methoxy groups -OCH3 is 1. The van der Waals surface area contributed by atoms with Gasteiger partial charge in [0, 0.05) is 9.13 Å². The molecule has 1 atom stereocenters. The molecule has 0 heterocycles. The van der Waals surface area contributed by atoms with Crippen LogP contribution < -0.4 is 4.74 Å². The van der Waals surface area contributed by atoms with Gasteiger partial charge in [0.2, 0.25) is 0 Å². The van der Waals surface area contributed by atoms with Crippen LogP contribution in [0.5, 0.6) is 5.75 Å². The fourth-order valence-electron chi connectivity index (χ4n) is 1.74. The molecule has 0 spiro atoms. The lowest BCUT2D eigenvalue weighted by molar-refractivity contribution is 0.214. The molecule has 2 aromatic carbocycles. The first-order valence-electron chi connectivity index (χ1n) is 5.39. The molecular weight excluding hydrogens is 346 g/mol. The molecule has 18 heavy (non-hydrogen) atoms. The van der Waals surface area contributed by atoms with Gasteiger partial charge in [-0.1, -0.05) is 12.1 Å². The van der Waals surface area contributed by atoms with Crippen LogP contribution in [0.15, 0.2) is 42.5 Å². The number of aliphatic hydroxyl groups is 1. The molecule has 0 aliphatic heterocycles. The molecule has 2 rings (SSSR count). The van der Waals surface area contributed by atoms with Crippen LogP contribution in [0.4, 0.5) is 4.39 Å². The first-order valence-corrected chi connectivity index (χ1v) is 6.46. The summed E-state index contributed by atoms with van der Waals surface area (Å²) in [5.74, 6) is 0.0813. The second kappa shape index (κ2) is 5.67. The Labute approximate surface area is 119 Å². The zero-order chi connectivity index (χ0) is 13.1. The second-order valence-corrected chi connectivity index (χ2v) is 5.09. The Balaban J connectivity index is 2.41. The number of hydrogen-bond acceptors (Lipinski definition) is 2. The topological polar surface area (TPSA) is 29.5 Å². The molecule has 0 radical (unpaired) electrons. The number of halogens is 2. The maximum absolute atomic E-state index is 13.3. The lowest BCUT2D eigenvalue weighted by atomic mass is 10.0. The fourth-order valence-corrected chi connectivity index (χ4v) is 2.10. The van der Waals surface area contributed by atoms with E-state index in [4.69, 9.17) is 4.74 Å². The van der Waals surface area contributed by atoms with Crippen molar-refractivity contribution in [3.63, 3.8) is 0 Å². The number of ether oxygens (including phenoxy) is 1. The van der Waals surface area contributed by atoms with Gasteiger partial charge >= 0.3 is 0 Å². The summed E-state index contributed by atoms with van der Waals surface area (Å²) in [7, 11) is 1.50. The third kappa shape index (κ3) is 2.81. The third-order valence-electron chi connectivity index (χ3n) is 2.67. The highest BCUT2D eigenvalue weighted by Gasteiger charge is 2.16. The van der Waals surface area contributed by atoms with Crippen molar-refractivity contribution >= 4 is 22.6 Å². The Hall–Kier alpha value is -1.14. The van der Waals surface area contributed by atoms with Crippen LogP contribution in [0.1, 0.15) is 17.2 Å². The van der Waals surface area contributed by atoms with E-state index in [2.05, 4.69) is 22.6 Å². The molecule has 0 aliphatic carbocycles. The van der Waals surface area contributed by atoms with Gasteiger partial charge in [-0.25, -0.2) is 4.39 Å². The molecule has 1 N–H and O–H groups in total. The van der Waals surface area contributed by atoms with E-state index < -0.39 is 11.9 Å². The van der Waals surface area contributed by atoms with Crippen LogP contribution in [0.3, 0.4) is 0 Å². The van der Waals surface area contributed by atoms with Crippen LogP contribution in [0.25, 0.3) is 0 Å². The summed E-state index contributed by atoms with van der Waals surface area (Å²) in [4.78, 5) is 0. The van der Waals surface area contributed by atoms with E-state index in [1.807, 2.05) is 24.3 Å². The van der Waals surface area contributed by atoms with Crippen molar-refractivity contribution in [2.45, 2.75) is 6.10 Å². The molecule has 0 fully saturated rings. The van der Waals surface area contributed by atoms with Gasteiger partial charge in [-0.2, -0.15) is 0 Å². The Morgan fingerprint density at radius 1 is 1.17 bits per heavy atom. The van der Waals surface area contributed by atoms with E-state index in [-0.39, 0.29) is 0 Å². The van der Waals surface area contributed by atoms with E-state index in [0.717, 1.165) is 3.57 Å². The SMILES string of the molecule is COc1ccc(F)cc1C(O)c1ccc(I)cc1. The van der Waals surface area contributed by atoms with Crippen molar-refractivity contribution in [3.8, 4) is 5.75 Å². The van der Waals surface area contributed by atoms with Gasteiger partial charge in [-0.15, -0.1) is 0 Å². The van der Waals surface area contributed by atoms with Crippen LogP contribution in [-0.4, -0.2) is 12.2 Å². The molecule has 0 aromatic heterocycles. The Morgan fingerprint density at radius 2 is 1.83 bits per heavy atom. The largest absolute Gasteiger partial charge is 0.496 e. The molecule has 0 saturated carbocycles. The third-order valence-corrected chi connectivity index (χ3v) is 3.39. The van der Waals surface area contributed by atoms with Crippen LogP contribution >= 0.6 is 22.6 Å². The number of hydrogen-bond donors (Lipinski definition) is 1. The monoisotopic (exact) mass is 358 g/mol. The van der Waals surface area contributed by atoms with E-state index in [9.17, 15) is 9.50 Å². The number of rotatable bonds is 3. The first kappa shape index (κ1) is 13.3. The first-order chi connectivity index (χ1) is 8.61. The number of aliphatic hydroxyl groups excluding tert-OH is 1. The molecule has 1 unspecified atom stereocenters. The van der Waals surface area contributed by atoms with Crippen molar-refractivity contribution in [1.29, 1.82) is 0 Å². The smallest absolute Gasteiger partial charge is 0.125 e. The van der Waals surface area contributed by atoms with Crippen molar-refractivity contribution in [2.75, 3.05) is 7.11 Å². The zero-order valence-corrected chi connectivity index (χ0v) is 11.9. The lowest BCUT2D eigenvalue weighted by Crippen LogP contribution is -2.03. The summed E-state index contributed by atoms with van der Waals surface area (Å²) in [5.41, 5.74) is 1.14. The van der Waals surface area contributed by atoms with E-state index in [1.165, 1.54) is 25.3 Å². The average molecular weight is 358 g/mol. The minimum Gasteiger partial charge on any atom is -0.496 e. The summed E-state index contributed by atoms with van der Waals surface area (Å²) in [6, 6.07) is 11.5. The zero-order valence-electron chi connectivity index (χ0n) is 9.73. The van der Waals surface area contributed by atoms with Crippen molar-refractivity contribution in [2.24, 2.45) is 0 Å². The maximum Gasteiger partial charge on any atom is 0.125 e. The van der Waals surface area contributed by atoms with Crippen molar-refractivity contribution in [1.82, 2.24) is 0 Å². The van der Waals surface area contributed by atoms with E-state index >= 15 is 0 Å². The molecule has 0 amide bonds. The van der Waals surface area contributed by atoms with Crippen molar-refractivity contribution in [3.05, 3.63) is 63.0 Å². The maximum atomic E-state index is 13.3. The molecule has 4 heteroatoms. The highest BCUT2D eigenvalue weighted by atomic mass is 127. The molecule has 94 valence electrons. The predicted octanol–water partition coefficient (Wildman–Crippen LogP) is 3.52. The fraction of sp³-hybridized carbons (Fsp3) is 0.143. The number of benzene rings is 2. The average Bonchev–Trinajstić information content (AvgIpc) is 2.39. The minimum absolute atomic E-state index is 0.393. The molecule has 0 saturated heterocycles. The summed E-state index contributed by atoms with van der Waals surface area (Å²) < 4.78 is 19.5. The second-order valence-electron chi connectivity index (χ2n) is 3.84. The highest BCUT2D eigenvalue weighted by Crippen LogP contribution is 2.30. The molecular formula is C14H12FIO2. The molecule has 2 aromatic rings. The Bertz CT molecular complexity index is 540. The standard InChI is InChI=1S/C14H12FIO2/c1-18-13-7-4-10(15)8-12(13)14(17)9-2-5-11(16)6-3-9/h2-8,14,17H,1H3. The summed E-state index contributed by atoms with van der Waals surface area (Å²) in [6.07, 6.45) is -0.896. The minimum atomic E-state index is -0.896. The van der Waals surface area contributed by atoms with Crippen molar-refractivity contribution < 1.29 is 14.2 Å². The van der Waals surface area contributed by atoms with Gasteiger partial charge in [0.05, 0.1) is 7.11 Å². The normalized spacial score (nSPS) is 12.2. The molecule has 0 bridgehead atoms. The van der Waals surface area contributed by atoms with Crippen LogP contribution in [-0.2, 0) is 0 Å². The quantitative estimate of drug-likeness (QED) is 0.851. The Morgan fingerprint density at radius 3 is 2.44 bits per heavy atom. The van der Waals surface area contributed by atoms with Crippen LogP contribution in [0, 0.1) is 9.39 Å². The van der Waals surface area contributed by atoms with Gasteiger partial charge in [0.15, 0.2) is 0 Å². The van der Waals surface area contributed by atoms with Gasteiger partial charge in [0.25, 0.3) is 0 Å². The summed E-state index contributed by atoms with van der Waals surface area (Å²) >= 11 is 2.19. The summed E-state index contributed by atoms with van der Waals surface area (Å²) in [5, 5.41) is 10.3.